The Morgan fingerprint density at radius 2 is 2.06 bits per heavy atom. The maximum atomic E-state index is 11.6. The molecule has 1 rings (SSSR count). The third kappa shape index (κ3) is 4.56. The van der Waals surface area contributed by atoms with Gasteiger partial charge in [-0.15, -0.1) is 4.91 Å². The van der Waals surface area contributed by atoms with Crippen LogP contribution in [0.2, 0.25) is 0 Å². The summed E-state index contributed by atoms with van der Waals surface area (Å²) < 4.78 is 5.94. The Balaban J connectivity index is 2.57. The van der Waals surface area contributed by atoms with Crippen LogP contribution in [0.1, 0.15) is 25.8 Å². The highest BCUT2D eigenvalue weighted by Gasteiger charge is 2.21. The van der Waals surface area contributed by atoms with Crippen LogP contribution in [0, 0.1) is 4.91 Å². The summed E-state index contributed by atoms with van der Waals surface area (Å²) in [6.07, 6.45) is 0.730. The van der Waals surface area contributed by atoms with Crippen LogP contribution in [-0.2, 0) is 16.0 Å². The molecule has 0 aliphatic carbocycles. The van der Waals surface area contributed by atoms with E-state index in [-0.39, 0.29) is 6.10 Å². The van der Waals surface area contributed by atoms with Crippen LogP contribution in [0.4, 0.5) is 0 Å². The van der Waals surface area contributed by atoms with E-state index >= 15 is 0 Å². The average molecular weight is 314 g/mol. The van der Waals surface area contributed by atoms with Gasteiger partial charge in [0.2, 0.25) is 0 Å². The lowest BCUT2D eigenvalue weighted by Crippen LogP contribution is -2.24. The fraction of sp³-hybridized carbons (Fsp3) is 0.462. The van der Waals surface area contributed by atoms with Gasteiger partial charge in [0.05, 0.1) is 6.10 Å². The summed E-state index contributed by atoms with van der Waals surface area (Å²) in [7, 11) is 0. The molecule has 0 aliphatic rings. The Morgan fingerprint density at radius 1 is 1.39 bits per heavy atom. The van der Waals surface area contributed by atoms with E-state index in [9.17, 15) is 9.70 Å². The lowest BCUT2D eigenvalue weighted by atomic mass is 10.1. The van der Waals surface area contributed by atoms with Crippen LogP contribution < -0.4 is 0 Å². The lowest BCUT2D eigenvalue weighted by molar-refractivity contribution is -0.149. The van der Waals surface area contributed by atoms with Crippen molar-refractivity contribution in [3.63, 3.8) is 0 Å². The van der Waals surface area contributed by atoms with E-state index in [0.29, 0.717) is 12.8 Å². The van der Waals surface area contributed by atoms with Crippen molar-refractivity contribution < 1.29 is 9.53 Å². The quantitative estimate of drug-likeness (QED) is 0.597. The first kappa shape index (κ1) is 14.8. The zero-order valence-electron chi connectivity index (χ0n) is 10.4. The van der Waals surface area contributed by atoms with E-state index in [1.54, 1.807) is 13.8 Å². The molecule has 1 atom stereocenters. The zero-order chi connectivity index (χ0) is 13.5. The number of benzene rings is 1. The number of nitrogens with zero attached hydrogens (tertiary/aromatic N) is 1. The number of nitroso groups, excluding NO2 is 1. The van der Waals surface area contributed by atoms with E-state index in [4.69, 9.17) is 4.74 Å². The molecule has 0 fully saturated rings. The highest BCUT2D eigenvalue weighted by molar-refractivity contribution is 9.10. The fourth-order valence-electron chi connectivity index (χ4n) is 1.52. The van der Waals surface area contributed by atoms with Gasteiger partial charge in [-0.25, -0.2) is 4.79 Å². The molecule has 0 radical (unpaired) electrons. The van der Waals surface area contributed by atoms with Gasteiger partial charge in [0.25, 0.3) is 0 Å². The molecule has 98 valence electrons. The van der Waals surface area contributed by atoms with Crippen molar-refractivity contribution in [3.8, 4) is 0 Å². The van der Waals surface area contributed by atoms with E-state index in [1.165, 1.54) is 0 Å². The Bertz CT molecular complexity index is 420. The minimum atomic E-state index is -0.931. The molecule has 0 aromatic heterocycles. The van der Waals surface area contributed by atoms with Gasteiger partial charge in [-0.2, -0.15) is 0 Å². The van der Waals surface area contributed by atoms with Gasteiger partial charge in [0, 0.05) is 4.47 Å². The number of halogens is 1. The fourth-order valence-corrected chi connectivity index (χ4v) is 2.00. The predicted molar refractivity (Wildman–Crippen MR) is 73.3 cm³/mol. The van der Waals surface area contributed by atoms with Gasteiger partial charge in [-0.1, -0.05) is 39.3 Å². The van der Waals surface area contributed by atoms with Gasteiger partial charge in [-0.05, 0) is 38.3 Å². The van der Waals surface area contributed by atoms with E-state index in [1.807, 2.05) is 24.3 Å². The van der Waals surface area contributed by atoms with Crippen LogP contribution >= 0.6 is 15.9 Å². The summed E-state index contributed by atoms with van der Waals surface area (Å²) in [6, 6.07) is 6.76. The molecule has 1 unspecified atom stereocenters. The van der Waals surface area contributed by atoms with E-state index < -0.39 is 12.0 Å². The molecule has 0 spiro atoms. The average Bonchev–Trinajstić information content (AvgIpc) is 2.31. The van der Waals surface area contributed by atoms with Crippen molar-refractivity contribution in [1.29, 1.82) is 0 Å². The smallest absolute Gasteiger partial charge is 0.334 e. The van der Waals surface area contributed by atoms with Crippen LogP contribution in [0.3, 0.4) is 0 Å². The van der Waals surface area contributed by atoms with Gasteiger partial charge < -0.3 is 4.74 Å². The molecular formula is C13H16BrNO3. The van der Waals surface area contributed by atoms with Crippen LogP contribution in [0.5, 0.6) is 0 Å². The molecule has 1 aromatic carbocycles. The zero-order valence-corrected chi connectivity index (χ0v) is 12.0. The third-order valence-electron chi connectivity index (χ3n) is 2.40. The largest absolute Gasteiger partial charge is 0.461 e. The molecular weight excluding hydrogens is 298 g/mol. The maximum absolute atomic E-state index is 11.6. The van der Waals surface area contributed by atoms with Crippen LogP contribution in [-0.4, -0.2) is 18.1 Å². The van der Waals surface area contributed by atoms with E-state index in [2.05, 4.69) is 21.1 Å². The lowest BCUT2D eigenvalue weighted by Gasteiger charge is -2.12. The highest BCUT2D eigenvalue weighted by atomic mass is 79.9. The molecule has 0 saturated carbocycles. The summed E-state index contributed by atoms with van der Waals surface area (Å²) in [5.74, 6) is -0.549. The molecule has 18 heavy (non-hydrogen) atoms. The second-order valence-electron chi connectivity index (χ2n) is 4.24. The monoisotopic (exact) mass is 313 g/mol. The number of aryl methyl sites for hydroxylation is 1. The highest BCUT2D eigenvalue weighted by Crippen LogP contribution is 2.19. The molecule has 0 heterocycles. The minimum Gasteiger partial charge on any atom is -0.461 e. The SMILES string of the molecule is CC(C)OC(=O)C(CCc1ccccc1Br)N=O. The van der Waals surface area contributed by atoms with Gasteiger partial charge >= 0.3 is 5.97 Å². The minimum absolute atomic E-state index is 0.231. The Labute approximate surface area is 115 Å². The Morgan fingerprint density at radius 3 is 2.61 bits per heavy atom. The van der Waals surface area contributed by atoms with Crippen molar-refractivity contribution in [2.75, 3.05) is 0 Å². The molecule has 1 aromatic rings. The molecule has 0 bridgehead atoms. The van der Waals surface area contributed by atoms with Crippen LogP contribution in [0.25, 0.3) is 0 Å². The van der Waals surface area contributed by atoms with Gasteiger partial charge in [0.15, 0.2) is 6.04 Å². The van der Waals surface area contributed by atoms with Crippen LogP contribution in [0.15, 0.2) is 33.9 Å². The van der Waals surface area contributed by atoms with Crippen molar-refractivity contribution >= 4 is 21.9 Å². The first-order chi connectivity index (χ1) is 8.54. The molecule has 0 N–H and O–H groups in total. The molecule has 5 heteroatoms. The number of carbonyl (C=O) groups excluding carboxylic acids is 1. The van der Waals surface area contributed by atoms with Crippen molar-refractivity contribution in [2.24, 2.45) is 5.18 Å². The predicted octanol–water partition coefficient (Wildman–Crippen LogP) is 3.47. The van der Waals surface area contributed by atoms with Crippen molar-refractivity contribution in [3.05, 3.63) is 39.2 Å². The number of rotatable bonds is 6. The summed E-state index contributed by atoms with van der Waals surface area (Å²) in [5, 5.41) is 2.85. The molecule has 0 amide bonds. The Hall–Kier alpha value is -1.23. The van der Waals surface area contributed by atoms with E-state index in [0.717, 1.165) is 10.0 Å². The second-order valence-corrected chi connectivity index (χ2v) is 5.09. The van der Waals surface area contributed by atoms with Crippen molar-refractivity contribution in [2.45, 2.75) is 38.8 Å². The standard InChI is InChI=1S/C13H16BrNO3/c1-9(2)18-13(16)12(15-17)8-7-10-5-3-4-6-11(10)14/h3-6,9,12H,7-8H2,1-2H3. The summed E-state index contributed by atoms with van der Waals surface area (Å²) >= 11 is 3.42. The molecule has 0 aliphatic heterocycles. The Kier molecular flexibility index (Phi) is 5.98. The number of ether oxygens (including phenoxy) is 1. The van der Waals surface area contributed by atoms with Gasteiger partial charge in [0.1, 0.15) is 0 Å². The number of esters is 1. The van der Waals surface area contributed by atoms with Gasteiger partial charge in [-0.3, -0.25) is 0 Å². The summed E-state index contributed by atoms with van der Waals surface area (Å²) in [4.78, 5) is 22.2. The topological polar surface area (TPSA) is 55.7 Å². The first-order valence-corrected chi connectivity index (χ1v) is 6.60. The number of carbonyl (C=O) groups is 1. The maximum Gasteiger partial charge on any atom is 0.334 e. The molecule has 0 saturated heterocycles. The number of hydrogen-bond donors (Lipinski definition) is 0. The first-order valence-electron chi connectivity index (χ1n) is 5.81. The second kappa shape index (κ2) is 7.26. The van der Waals surface area contributed by atoms with Crippen molar-refractivity contribution in [1.82, 2.24) is 0 Å². The summed E-state index contributed by atoms with van der Waals surface area (Å²) in [5.41, 5.74) is 1.04. The summed E-state index contributed by atoms with van der Waals surface area (Å²) in [6.45, 7) is 3.49. The third-order valence-corrected chi connectivity index (χ3v) is 3.17. The molecule has 4 nitrogen and oxygen atoms in total. The number of hydrogen-bond acceptors (Lipinski definition) is 4. The normalized spacial score (nSPS) is 12.2.